The highest BCUT2D eigenvalue weighted by molar-refractivity contribution is 5.85. The number of hydrogen-bond donors (Lipinski definition) is 2. The second-order valence-corrected chi connectivity index (χ2v) is 3.19. The molecule has 0 saturated heterocycles. The summed E-state index contributed by atoms with van der Waals surface area (Å²) in [7, 11) is 0. The van der Waals surface area contributed by atoms with Gasteiger partial charge >= 0.3 is 6.18 Å². The van der Waals surface area contributed by atoms with Gasteiger partial charge in [-0.3, -0.25) is 0 Å². The third-order valence-corrected chi connectivity index (χ3v) is 2.02. The van der Waals surface area contributed by atoms with Crippen molar-refractivity contribution in [3.05, 3.63) is 29.8 Å². The van der Waals surface area contributed by atoms with Crippen molar-refractivity contribution in [1.29, 1.82) is 0 Å². The topological polar surface area (TPSA) is 46.2 Å². The first kappa shape index (κ1) is 14.1. The molecule has 1 rings (SSSR count). The van der Waals surface area contributed by atoms with Gasteiger partial charge in [-0.05, 0) is 24.6 Å². The van der Waals surface area contributed by atoms with Crippen LogP contribution >= 0.6 is 12.4 Å². The third-order valence-electron chi connectivity index (χ3n) is 2.02. The number of nitrogens with two attached hydrogens (primary N) is 1. The number of anilines is 1. The predicted octanol–water partition coefficient (Wildman–Crippen LogP) is 2.46. The first-order valence-corrected chi connectivity index (χ1v) is 3.90. The van der Waals surface area contributed by atoms with Crippen molar-refractivity contribution in [3.8, 4) is 0 Å². The first-order valence-electron chi connectivity index (χ1n) is 3.90. The van der Waals surface area contributed by atoms with Gasteiger partial charge in [-0.2, -0.15) is 13.2 Å². The lowest BCUT2D eigenvalue weighted by Gasteiger charge is -2.26. The molecule has 0 radical (unpaired) electrons. The van der Waals surface area contributed by atoms with E-state index in [0.717, 1.165) is 12.1 Å². The number of halogens is 4. The summed E-state index contributed by atoms with van der Waals surface area (Å²) in [5.41, 5.74) is 2.61. The Morgan fingerprint density at radius 2 is 1.53 bits per heavy atom. The fourth-order valence-corrected chi connectivity index (χ4v) is 0.971. The van der Waals surface area contributed by atoms with Crippen molar-refractivity contribution in [2.24, 2.45) is 0 Å². The first-order chi connectivity index (χ1) is 6.25. The summed E-state index contributed by atoms with van der Waals surface area (Å²) in [6.07, 6.45) is -4.69. The average Bonchev–Trinajstić information content (AvgIpc) is 2.03. The van der Waals surface area contributed by atoms with Crippen molar-refractivity contribution in [3.63, 3.8) is 0 Å². The van der Waals surface area contributed by atoms with Crippen molar-refractivity contribution >= 4 is 18.1 Å². The van der Waals surface area contributed by atoms with E-state index in [1.54, 1.807) is 0 Å². The fraction of sp³-hybridized carbons (Fsp3) is 0.333. The number of rotatable bonds is 1. The van der Waals surface area contributed by atoms with E-state index in [1.807, 2.05) is 0 Å². The molecule has 15 heavy (non-hydrogen) atoms. The number of aliphatic hydroxyl groups is 1. The third kappa shape index (κ3) is 2.76. The maximum atomic E-state index is 12.3. The predicted molar refractivity (Wildman–Crippen MR) is 53.7 cm³/mol. The van der Waals surface area contributed by atoms with Gasteiger partial charge in [0.05, 0.1) is 0 Å². The molecule has 0 aromatic heterocycles. The normalized spacial score (nSPS) is 15.3. The number of hydrogen-bond acceptors (Lipinski definition) is 2. The highest BCUT2D eigenvalue weighted by Crippen LogP contribution is 2.38. The molecule has 3 N–H and O–H groups in total. The molecule has 1 atom stereocenters. The van der Waals surface area contributed by atoms with Crippen LogP contribution in [0, 0.1) is 0 Å². The molecule has 0 amide bonds. The van der Waals surface area contributed by atoms with Gasteiger partial charge in [-0.1, -0.05) is 12.1 Å². The number of benzene rings is 1. The van der Waals surface area contributed by atoms with E-state index in [9.17, 15) is 18.3 Å². The lowest BCUT2D eigenvalue weighted by Crippen LogP contribution is -2.39. The molecule has 2 nitrogen and oxygen atoms in total. The van der Waals surface area contributed by atoms with E-state index in [-0.39, 0.29) is 18.0 Å². The molecule has 0 fully saturated rings. The molecule has 0 aliphatic carbocycles. The fourth-order valence-electron chi connectivity index (χ4n) is 0.971. The zero-order chi connectivity index (χ0) is 11.0. The zero-order valence-corrected chi connectivity index (χ0v) is 8.69. The van der Waals surface area contributed by atoms with E-state index < -0.39 is 11.8 Å². The number of nitrogen functional groups attached to an aromatic ring is 1. The Balaban J connectivity index is 0.00000196. The maximum absolute atomic E-state index is 12.3. The molecule has 0 aliphatic heterocycles. The Labute approximate surface area is 91.3 Å². The lowest BCUT2D eigenvalue weighted by atomic mass is 9.95. The molecule has 0 unspecified atom stereocenters. The van der Waals surface area contributed by atoms with Crippen LogP contribution in [-0.4, -0.2) is 11.3 Å². The van der Waals surface area contributed by atoms with Crippen LogP contribution in [-0.2, 0) is 5.60 Å². The second kappa shape index (κ2) is 4.28. The van der Waals surface area contributed by atoms with Crippen LogP contribution < -0.4 is 5.73 Å². The quantitative estimate of drug-likeness (QED) is 0.742. The Hall–Kier alpha value is -0.940. The Kier molecular flexibility index (Phi) is 4.01. The van der Waals surface area contributed by atoms with E-state index in [0.29, 0.717) is 12.6 Å². The second-order valence-electron chi connectivity index (χ2n) is 3.19. The minimum atomic E-state index is -4.69. The van der Waals surface area contributed by atoms with Crippen LogP contribution in [0.2, 0.25) is 0 Å². The van der Waals surface area contributed by atoms with Crippen molar-refractivity contribution in [2.45, 2.75) is 18.7 Å². The molecule has 0 aliphatic rings. The maximum Gasteiger partial charge on any atom is 0.421 e. The summed E-state index contributed by atoms with van der Waals surface area (Å²) < 4.78 is 37.0. The standard InChI is InChI=1S/C9H10F3NO.ClH/c1-8(14,9(10,11)12)6-2-4-7(13)5-3-6;/h2-5,14H,13H2,1H3;1H/t8-;/m0./s1. The number of alkyl halides is 3. The Morgan fingerprint density at radius 3 is 1.87 bits per heavy atom. The van der Waals surface area contributed by atoms with Crippen molar-refractivity contribution in [2.75, 3.05) is 5.73 Å². The van der Waals surface area contributed by atoms with Gasteiger partial charge in [0.15, 0.2) is 5.60 Å². The molecule has 6 heteroatoms. The molecule has 0 heterocycles. The van der Waals surface area contributed by atoms with Crippen LogP contribution in [0.25, 0.3) is 0 Å². The molecule has 1 aromatic rings. The highest BCUT2D eigenvalue weighted by atomic mass is 35.5. The largest absolute Gasteiger partial charge is 0.421 e. The van der Waals surface area contributed by atoms with Gasteiger partial charge in [0.25, 0.3) is 0 Å². The highest BCUT2D eigenvalue weighted by Gasteiger charge is 2.50. The average molecular weight is 242 g/mol. The van der Waals surface area contributed by atoms with Gasteiger partial charge in [-0.25, -0.2) is 0 Å². The SMILES string of the molecule is C[C@](O)(c1ccc(N)cc1)C(F)(F)F.Cl. The summed E-state index contributed by atoms with van der Waals surface area (Å²) >= 11 is 0. The molecule has 0 saturated carbocycles. The van der Waals surface area contributed by atoms with Gasteiger partial charge in [0, 0.05) is 5.69 Å². The summed E-state index contributed by atoms with van der Waals surface area (Å²) in [4.78, 5) is 0. The van der Waals surface area contributed by atoms with E-state index in [4.69, 9.17) is 5.73 Å². The van der Waals surface area contributed by atoms with Crippen LogP contribution in [0.3, 0.4) is 0 Å². The van der Waals surface area contributed by atoms with E-state index in [1.165, 1.54) is 12.1 Å². The van der Waals surface area contributed by atoms with Crippen LogP contribution in [0.1, 0.15) is 12.5 Å². The van der Waals surface area contributed by atoms with Crippen LogP contribution in [0.15, 0.2) is 24.3 Å². The summed E-state index contributed by atoms with van der Waals surface area (Å²) in [6, 6.07) is 4.94. The minimum Gasteiger partial charge on any atom is -0.399 e. The van der Waals surface area contributed by atoms with E-state index >= 15 is 0 Å². The molecular formula is C9H11ClF3NO. The Bertz CT molecular complexity index is 321. The van der Waals surface area contributed by atoms with Crippen LogP contribution in [0.4, 0.5) is 18.9 Å². The summed E-state index contributed by atoms with van der Waals surface area (Å²) in [6.45, 7) is 0.707. The minimum absolute atomic E-state index is 0. The molecule has 0 bridgehead atoms. The van der Waals surface area contributed by atoms with Gasteiger partial charge in [-0.15, -0.1) is 12.4 Å². The zero-order valence-electron chi connectivity index (χ0n) is 7.88. The summed E-state index contributed by atoms with van der Waals surface area (Å²) in [5, 5.41) is 9.25. The van der Waals surface area contributed by atoms with Crippen molar-refractivity contribution < 1.29 is 18.3 Å². The van der Waals surface area contributed by atoms with E-state index in [2.05, 4.69) is 0 Å². The van der Waals surface area contributed by atoms with Gasteiger partial charge < -0.3 is 10.8 Å². The van der Waals surface area contributed by atoms with Gasteiger partial charge in [0.1, 0.15) is 0 Å². The molecule has 0 spiro atoms. The van der Waals surface area contributed by atoms with Crippen LogP contribution in [0.5, 0.6) is 0 Å². The Morgan fingerprint density at radius 1 is 1.13 bits per heavy atom. The lowest BCUT2D eigenvalue weighted by molar-refractivity contribution is -0.258. The van der Waals surface area contributed by atoms with Crippen molar-refractivity contribution in [1.82, 2.24) is 0 Å². The smallest absolute Gasteiger partial charge is 0.399 e. The molecule has 86 valence electrons. The monoisotopic (exact) mass is 241 g/mol. The summed E-state index contributed by atoms with van der Waals surface area (Å²) in [5.74, 6) is 0. The van der Waals surface area contributed by atoms with Gasteiger partial charge in [0.2, 0.25) is 0 Å². The molecular weight excluding hydrogens is 231 g/mol. The molecule has 1 aromatic carbocycles.